The van der Waals surface area contributed by atoms with E-state index in [1.807, 2.05) is 31.2 Å². The molecular formula is C20H22BrN3O3. The molecule has 0 aliphatic heterocycles. The lowest BCUT2D eigenvalue weighted by Gasteiger charge is -2.17. The van der Waals surface area contributed by atoms with Crippen LogP contribution < -0.4 is 10.6 Å². The van der Waals surface area contributed by atoms with Gasteiger partial charge in [-0.05, 0) is 43.3 Å². The van der Waals surface area contributed by atoms with E-state index in [4.69, 9.17) is 0 Å². The lowest BCUT2D eigenvalue weighted by atomic mass is 10.2. The molecule has 0 aromatic heterocycles. The minimum absolute atomic E-state index is 0.0482. The van der Waals surface area contributed by atoms with Crippen LogP contribution in [-0.4, -0.2) is 42.8 Å². The van der Waals surface area contributed by atoms with Crippen molar-refractivity contribution >= 4 is 39.3 Å². The van der Waals surface area contributed by atoms with E-state index in [2.05, 4.69) is 26.6 Å². The molecule has 0 atom stereocenters. The number of likely N-dealkylation sites (N-methyl/N-ethyl adjacent to an activating group) is 1. The van der Waals surface area contributed by atoms with Crippen LogP contribution in [-0.2, 0) is 9.59 Å². The second-order valence-corrected chi connectivity index (χ2v) is 7.09. The zero-order chi connectivity index (χ0) is 19.8. The van der Waals surface area contributed by atoms with Crippen molar-refractivity contribution < 1.29 is 14.4 Å². The van der Waals surface area contributed by atoms with Gasteiger partial charge in [-0.3, -0.25) is 14.4 Å². The summed E-state index contributed by atoms with van der Waals surface area (Å²) in [6, 6.07) is 14.4. The van der Waals surface area contributed by atoms with Crippen LogP contribution in [0.5, 0.6) is 0 Å². The number of nitrogens with one attached hydrogen (secondary N) is 2. The van der Waals surface area contributed by atoms with E-state index in [9.17, 15) is 14.4 Å². The van der Waals surface area contributed by atoms with Crippen LogP contribution in [0.2, 0.25) is 0 Å². The highest BCUT2D eigenvalue weighted by Gasteiger charge is 2.13. The third kappa shape index (κ3) is 6.86. The maximum Gasteiger partial charge on any atom is 0.251 e. The van der Waals surface area contributed by atoms with Gasteiger partial charge in [-0.15, -0.1) is 0 Å². The number of carbonyl (C=O) groups excluding carboxylic acids is 3. The summed E-state index contributed by atoms with van der Waals surface area (Å²) in [4.78, 5) is 37.5. The molecule has 0 saturated carbocycles. The summed E-state index contributed by atoms with van der Waals surface area (Å²) in [6.07, 6.45) is 0.122. The van der Waals surface area contributed by atoms with Crippen molar-refractivity contribution in [3.05, 3.63) is 64.1 Å². The van der Waals surface area contributed by atoms with Crippen LogP contribution in [0.15, 0.2) is 53.0 Å². The van der Waals surface area contributed by atoms with Crippen LogP contribution in [0, 0.1) is 6.92 Å². The van der Waals surface area contributed by atoms with E-state index in [0.717, 1.165) is 10.0 Å². The average Bonchev–Trinajstić information content (AvgIpc) is 2.63. The first-order valence-corrected chi connectivity index (χ1v) is 9.28. The van der Waals surface area contributed by atoms with E-state index in [1.165, 1.54) is 4.90 Å². The lowest BCUT2D eigenvalue weighted by molar-refractivity contribution is -0.133. The number of benzene rings is 2. The molecule has 27 heavy (non-hydrogen) atoms. The van der Waals surface area contributed by atoms with E-state index in [0.29, 0.717) is 11.3 Å². The van der Waals surface area contributed by atoms with E-state index in [1.54, 1.807) is 31.3 Å². The molecule has 6 nitrogen and oxygen atoms in total. The Hall–Kier alpha value is -2.67. The molecular weight excluding hydrogens is 410 g/mol. The number of hydrogen-bond acceptors (Lipinski definition) is 3. The van der Waals surface area contributed by atoms with E-state index < -0.39 is 0 Å². The Kier molecular flexibility index (Phi) is 7.55. The van der Waals surface area contributed by atoms with Crippen molar-refractivity contribution in [2.75, 3.05) is 25.5 Å². The molecule has 142 valence electrons. The van der Waals surface area contributed by atoms with E-state index in [-0.39, 0.29) is 37.2 Å². The predicted octanol–water partition coefficient (Wildman–Crippen LogP) is 2.97. The molecule has 0 heterocycles. The quantitative estimate of drug-likeness (QED) is 0.706. The first-order valence-electron chi connectivity index (χ1n) is 8.49. The molecule has 2 rings (SSSR count). The minimum atomic E-state index is -0.270. The van der Waals surface area contributed by atoms with Gasteiger partial charge in [0.05, 0.1) is 6.54 Å². The predicted molar refractivity (Wildman–Crippen MR) is 109 cm³/mol. The zero-order valence-corrected chi connectivity index (χ0v) is 16.9. The molecule has 0 aliphatic carbocycles. The maximum atomic E-state index is 12.1. The fourth-order valence-electron chi connectivity index (χ4n) is 2.32. The highest BCUT2D eigenvalue weighted by molar-refractivity contribution is 9.10. The molecule has 0 unspecified atom stereocenters. The number of halogens is 1. The second-order valence-electron chi connectivity index (χ2n) is 6.18. The number of nitrogens with zero attached hydrogens (tertiary/aromatic N) is 1. The largest absolute Gasteiger partial charge is 0.352 e. The Morgan fingerprint density at radius 2 is 1.63 bits per heavy atom. The summed E-state index contributed by atoms with van der Waals surface area (Å²) in [5.41, 5.74) is 2.31. The first-order chi connectivity index (χ1) is 12.8. The van der Waals surface area contributed by atoms with E-state index >= 15 is 0 Å². The van der Waals surface area contributed by atoms with Gasteiger partial charge in [0.15, 0.2) is 0 Å². The number of aryl methyl sites for hydroxylation is 1. The van der Waals surface area contributed by atoms with Gasteiger partial charge in [-0.1, -0.05) is 33.6 Å². The van der Waals surface area contributed by atoms with Crippen molar-refractivity contribution in [2.24, 2.45) is 0 Å². The first kappa shape index (κ1) is 20.6. The van der Waals surface area contributed by atoms with Crippen molar-refractivity contribution in [2.45, 2.75) is 13.3 Å². The molecule has 0 spiro atoms. The van der Waals surface area contributed by atoms with Crippen LogP contribution in [0.3, 0.4) is 0 Å². The maximum absolute atomic E-state index is 12.1. The lowest BCUT2D eigenvalue weighted by Crippen LogP contribution is -2.37. The Balaban J connectivity index is 1.73. The van der Waals surface area contributed by atoms with Crippen molar-refractivity contribution in [1.29, 1.82) is 0 Å². The normalized spacial score (nSPS) is 10.2. The van der Waals surface area contributed by atoms with Gasteiger partial charge < -0.3 is 15.5 Å². The Labute approximate surface area is 167 Å². The van der Waals surface area contributed by atoms with Crippen molar-refractivity contribution in [1.82, 2.24) is 10.2 Å². The minimum Gasteiger partial charge on any atom is -0.352 e. The van der Waals surface area contributed by atoms with Crippen LogP contribution >= 0.6 is 15.9 Å². The monoisotopic (exact) mass is 431 g/mol. The zero-order valence-electron chi connectivity index (χ0n) is 15.3. The smallest absolute Gasteiger partial charge is 0.251 e. The highest BCUT2D eigenvalue weighted by Crippen LogP contribution is 2.10. The van der Waals surface area contributed by atoms with Gasteiger partial charge >= 0.3 is 0 Å². The molecule has 0 saturated heterocycles. The van der Waals surface area contributed by atoms with Gasteiger partial charge in [0, 0.05) is 35.7 Å². The second kappa shape index (κ2) is 9.87. The number of hydrogen-bond donors (Lipinski definition) is 2. The summed E-state index contributed by atoms with van der Waals surface area (Å²) >= 11 is 3.31. The molecule has 7 heteroatoms. The van der Waals surface area contributed by atoms with Crippen molar-refractivity contribution in [3.8, 4) is 0 Å². The fraction of sp³-hybridized carbons (Fsp3) is 0.250. The van der Waals surface area contributed by atoms with Gasteiger partial charge in [-0.25, -0.2) is 0 Å². The molecule has 3 amide bonds. The summed E-state index contributed by atoms with van der Waals surface area (Å²) in [5.74, 6) is -0.728. The average molecular weight is 432 g/mol. The number of anilines is 1. The summed E-state index contributed by atoms with van der Waals surface area (Å²) in [7, 11) is 1.56. The molecule has 2 aromatic rings. The summed E-state index contributed by atoms with van der Waals surface area (Å²) in [6.45, 7) is 2.12. The third-order valence-corrected chi connectivity index (χ3v) is 4.40. The third-order valence-electron chi connectivity index (χ3n) is 3.87. The Morgan fingerprint density at radius 3 is 2.26 bits per heavy atom. The number of amides is 3. The SMILES string of the molecule is Cc1ccc(NC(=O)CN(C)C(=O)CCNC(=O)c2ccc(Br)cc2)cc1. The summed E-state index contributed by atoms with van der Waals surface area (Å²) in [5, 5.41) is 5.45. The Bertz CT molecular complexity index is 804. The molecule has 2 aromatic carbocycles. The number of rotatable bonds is 7. The van der Waals surface area contributed by atoms with Crippen LogP contribution in [0.4, 0.5) is 5.69 Å². The van der Waals surface area contributed by atoms with Crippen LogP contribution in [0.1, 0.15) is 22.3 Å². The fourth-order valence-corrected chi connectivity index (χ4v) is 2.58. The van der Waals surface area contributed by atoms with Gasteiger partial charge in [-0.2, -0.15) is 0 Å². The standard InChI is InChI=1S/C20H22BrN3O3/c1-14-3-9-17(10-4-14)23-18(25)13-24(2)19(26)11-12-22-20(27)15-5-7-16(21)8-6-15/h3-10H,11-13H2,1-2H3,(H,22,27)(H,23,25). The van der Waals surface area contributed by atoms with Gasteiger partial charge in [0.25, 0.3) is 5.91 Å². The van der Waals surface area contributed by atoms with Gasteiger partial charge in [0.1, 0.15) is 0 Å². The van der Waals surface area contributed by atoms with Crippen molar-refractivity contribution in [3.63, 3.8) is 0 Å². The number of carbonyl (C=O) groups is 3. The van der Waals surface area contributed by atoms with Crippen LogP contribution in [0.25, 0.3) is 0 Å². The highest BCUT2D eigenvalue weighted by atomic mass is 79.9. The molecule has 0 radical (unpaired) electrons. The topological polar surface area (TPSA) is 78.5 Å². The summed E-state index contributed by atoms with van der Waals surface area (Å²) < 4.78 is 0.889. The molecule has 2 N–H and O–H groups in total. The molecule has 0 fully saturated rings. The molecule has 0 aliphatic rings. The van der Waals surface area contributed by atoms with Gasteiger partial charge in [0.2, 0.25) is 11.8 Å². The Morgan fingerprint density at radius 1 is 1.00 bits per heavy atom. The molecule has 0 bridgehead atoms.